The molecule has 1 amide bonds. The lowest BCUT2D eigenvalue weighted by molar-refractivity contribution is -0.132. The molecule has 0 unspecified atom stereocenters. The van der Waals surface area contributed by atoms with Crippen LogP contribution in [0.2, 0.25) is 0 Å². The van der Waals surface area contributed by atoms with Crippen LogP contribution in [-0.4, -0.2) is 62.3 Å². The summed E-state index contributed by atoms with van der Waals surface area (Å²) >= 11 is 0. The molecular formula is C24H29F2N3O3S. The lowest BCUT2D eigenvalue weighted by atomic mass is 9.95. The third kappa shape index (κ3) is 5.52. The Labute approximate surface area is 193 Å². The van der Waals surface area contributed by atoms with Gasteiger partial charge in [0.1, 0.15) is 11.6 Å². The summed E-state index contributed by atoms with van der Waals surface area (Å²) < 4.78 is 54.7. The molecule has 2 aromatic carbocycles. The number of hydrogen-bond acceptors (Lipinski definition) is 4. The minimum atomic E-state index is -3.94. The SMILES string of the molecule is O=C(CN(C1CCCCC1)S(=O)(=O)c1ccc(F)cc1)N1CCN(c2ccc(F)cc2)CC1. The van der Waals surface area contributed by atoms with Gasteiger partial charge in [-0.1, -0.05) is 19.3 Å². The van der Waals surface area contributed by atoms with Crippen LogP contribution in [0.15, 0.2) is 53.4 Å². The summed E-state index contributed by atoms with van der Waals surface area (Å²) in [4.78, 5) is 16.9. The van der Waals surface area contributed by atoms with E-state index in [1.54, 1.807) is 17.0 Å². The second-order valence-electron chi connectivity index (χ2n) is 8.64. The van der Waals surface area contributed by atoms with Crippen molar-refractivity contribution in [1.82, 2.24) is 9.21 Å². The quantitative estimate of drug-likeness (QED) is 0.638. The van der Waals surface area contributed by atoms with Gasteiger partial charge in [-0.15, -0.1) is 0 Å². The first-order valence-electron chi connectivity index (χ1n) is 11.4. The lowest BCUT2D eigenvalue weighted by Crippen LogP contribution is -2.53. The molecule has 0 aromatic heterocycles. The van der Waals surface area contributed by atoms with Crippen LogP contribution in [0.25, 0.3) is 0 Å². The highest BCUT2D eigenvalue weighted by molar-refractivity contribution is 7.89. The first-order chi connectivity index (χ1) is 15.8. The van der Waals surface area contributed by atoms with Gasteiger partial charge in [-0.3, -0.25) is 4.79 Å². The van der Waals surface area contributed by atoms with Crippen molar-refractivity contribution in [3.63, 3.8) is 0 Å². The van der Waals surface area contributed by atoms with E-state index in [1.165, 1.54) is 28.6 Å². The minimum absolute atomic E-state index is 0.00315. The second kappa shape index (κ2) is 10.2. The number of nitrogens with zero attached hydrogens (tertiary/aromatic N) is 3. The maximum absolute atomic E-state index is 13.4. The zero-order valence-electron chi connectivity index (χ0n) is 18.5. The number of amides is 1. The van der Waals surface area contributed by atoms with E-state index in [1.807, 2.05) is 0 Å². The van der Waals surface area contributed by atoms with E-state index in [2.05, 4.69) is 4.90 Å². The number of halogens is 2. The minimum Gasteiger partial charge on any atom is -0.368 e. The summed E-state index contributed by atoms with van der Waals surface area (Å²) in [6.07, 6.45) is 4.33. The number of hydrogen-bond donors (Lipinski definition) is 0. The molecule has 0 bridgehead atoms. The van der Waals surface area contributed by atoms with Gasteiger partial charge in [0.2, 0.25) is 15.9 Å². The van der Waals surface area contributed by atoms with Gasteiger partial charge in [0.05, 0.1) is 11.4 Å². The standard InChI is InChI=1S/C24H29F2N3O3S/c25-19-6-10-21(11-7-19)27-14-16-28(17-15-27)24(30)18-29(22-4-2-1-3-5-22)33(31,32)23-12-8-20(26)9-13-23/h6-13,22H,1-5,14-18H2. The van der Waals surface area contributed by atoms with Crippen LogP contribution in [-0.2, 0) is 14.8 Å². The van der Waals surface area contributed by atoms with Gasteiger partial charge >= 0.3 is 0 Å². The third-order valence-corrected chi connectivity index (χ3v) is 8.43. The van der Waals surface area contributed by atoms with Crippen molar-refractivity contribution in [2.75, 3.05) is 37.6 Å². The monoisotopic (exact) mass is 477 g/mol. The van der Waals surface area contributed by atoms with E-state index in [0.717, 1.165) is 37.1 Å². The van der Waals surface area contributed by atoms with Gasteiger partial charge in [-0.05, 0) is 61.4 Å². The van der Waals surface area contributed by atoms with Gasteiger partial charge in [-0.2, -0.15) is 4.31 Å². The molecule has 1 saturated carbocycles. The predicted molar refractivity (Wildman–Crippen MR) is 122 cm³/mol. The smallest absolute Gasteiger partial charge is 0.243 e. The molecule has 2 aliphatic rings. The van der Waals surface area contributed by atoms with Crippen molar-refractivity contribution in [1.29, 1.82) is 0 Å². The molecule has 4 rings (SSSR count). The summed E-state index contributed by atoms with van der Waals surface area (Å²) in [5.41, 5.74) is 0.895. The van der Waals surface area contributed by atoms with Crippen LogP contribution in [0.4, 0.5) is 14.5 Å². The molecule has 0 N–H and O–H groups in total. The Morgan fingerprint density at radius 2 is 1.39 bits per heavy atom. The van der Waals surface area contributed by atoms with E-state index in [0.29, 0.717) is 39.0 Å². The Balaban J connectivity index is 1.46. The van der Waals surface area contributed by atoms with Crippen LogP contribution in [0.5, 0.6) is 0 Å². The molecule has 2 aromatic rings. The van der Waals surface area contributed by atoms with Crippen molar-refractivity contribution >= 4 is 21.6 Å². The number of carbonyl (C=O) groups excluding carboxylic acids is 1. The summed E-state index contributed by atoms with van der Waals surface area (Å²) in [5.74, 6) is -1.03. The van der Waals surface area contributed by atoms with Gasteiger partial charge in [0, 0.05) is 37.9 Å². The second-order valence-corrected chi connectivity index (χ2v) is 10.5. The maximum atomic E-state index is 13.4. The largest absolute Gasteiger partial charge is 0.368 e. The number of piperazine rings is 1. The number of rotatable bonds is 6. The van der Waals surface area contributed by atoms with Gasteiger partial charge in [0.15, 0.2) is 0 Å². The topological polar surface area (TPSA) is 60.9 Å². The number of benzene rings is 2. The molecule has 178 valence electrons. The molecule has 6 nitrogen and oxygen atoms in total. The fourth-order valence-corrected chi connectivity index (χ4v) is 6.26. The van der Waals surface area contributed by atoms with E-state index in [4.69, 9.17) is 0 Å². The zero-order chi connectivity index (χ0) is 23.4. The van der Waals surface area contributed by atoms with E-state index in [-0.39, 0.29) is 29.2 Å². The normalized spacial score (nSPS) is 18.0. The average molecular weight is 478 g/mol. The number of sulfonamides is 1. The molecule has 0 spiro atoms. The molecule has 0 atom stereocenters. The molecule has 1 aliphatic carbocycles. The lowest BCUT2D eigenvalue weighted by Gasteiger charge is -2.38. The van der Waals surface area contributed by atoms with Crippen LogP contribution in [0.1, 0.15) is 32.1 Å². The summed E-state index contributed by atoms with van der Waals surface area (Å²) in [6, 6.07) is 10.8. The van der Waals surface area contributed by atoms with Crippen molar-refractivity contribution in [3.05, 3.63) is 60.2 Å². The average Bonchev–Trinajstić information content (AvgIpc) is 2.84. The zero-order valence-corrected chi connectivity index (χ0v) is 19.3. The third-order valence-electron chi connectivity index (χ3n) is 6.52. The molecule has 33 heavy (non-hydrogen) atoms. The molecule has 9 heteroatoms. The first kappa shape index (κ1) is 23.6. The number of carbonyl (C=O) groups is 1. The Morgan fingerprint density at radius 1 is 0.848 bits per heavy atom. The Kier molecular flexibility index (Phi) is 7.29. The molecule has 1 aliphatic heterocycles. The Hall–Kier alpha value is -2.52. The highest BCUT2D eigenvalue weighted by Gasteiger charge is 2.35. The molecule has 2 fully saturated rings. The molecule has 0 radical (unpaired) electrons. The van der Waals surface area contributed by atoms with Crippen LogP contribution < -0.4 is 4.90 Å². The highest BCUT2D eigenvalue weighted by atomic mass is 32.2. The molecular weight excluding hydrogens is 448 g/mol. The molecule has 1 saturated heterocycles. The van der Waals surface area contributed by atoms with Crippen LogP contribution in [0.3, 0.4) is 0 Å². The summed E-state index contributed by atoms with van der Waals surface area (Å²) in [5, 5.41) is 0. The van der Waals surface area contributed by atoms with E-state index in [9.17, 15) is 22.0 Å². The van der Waals surface area contributed by atoms with Crippen molar-refractivity contribution in [2.24, 2.45) is 0 Å². The van der Waals surface area contributed by atoms with Crippen molar-refractivity contribution in [2.45, 2.75) is 43.0 Å². The van der Waals surface area contributed by atoms with Crippen LogP contribution >= 0.6 is 0 Å². The highest BCUT2D eigenvalue weighted by Crippen LogP contribution is 2.28. The van der Waals surface area contributed by atoms with Crippen LogP contribution in [0, 0.1) is 11.6 Å². The van der Waals surface area contributed by atoms with Gasteiger partial charge < -0.3 is 9.80 Å². The first-order valence-corrected chi connectivity index (χ1v) is 12.8. The van der Waals surface area contributed by atoms with Gasteiger partial charge in [-0.25, -0.2) is 17.2 Å². The Bertz CT molecular complexity index is 1050. The fraction of sp³-hybridized carbons (Fsp3) is 0.458. The van der Waals surface area contributed by atoms with Crippen molar-refractivity contribution in [3.8, 4) is 0 Å². The van der Waals surface area contributed by atoms with E-state index >= 15 is 0 Å². The fourth-order valence-electron chi connectivity index (χ4n) is 4.62. The number of anilines is 1. The van der Waals surface area contributed by atoms with E-state index < -0.39 is 15.8 Å². The predicted octanol–water partition coefficient (Wildman–Crippen LogP) is 3.64. The Morgan fingerprint density at radius 3 is 1.97 bits per heavy atom. The van der Waals surface area contributed by atoms with Gasteiger partial charge in [0.25, 0.3) is 0 Å². The molecule has 1 heterocycles. The maximum Gasteiger partial charge on any atom is 0.243 e. The summed E-state index contributed by atoms with van der Waals surface area (Å²) in [6.45, 7) is 1.88. The van der Waals surface area contributed by atoms with Crippen molar-refractivity contribution < 1.29 is 22.0 Å². The summed E-state index contributed by atoms with van der Waals surface area (Å²) in [7, 11) is -3.94.